The molecule has 0 saturated heterocycles. The van der Waals surface area contributed by atoms with E-state index in [0.717, 1.165) is 0 Å². The van der Waals surface area contributed by atoms with Crippen LogP contribution in [0.4, 0.5) is 0 Å². The van der Waals surface area contributed by atoms with Crippen LogP contribution in [0.5, 0.6) is 17.2 Å². The Morgan fingerprint density at radius 1 is 0.909 bits per heavy atom. The third-order valence-electron chi connectivity index (χ3n) is 1.14. The van der Waals surface area contributed by atoms with Gasteiger partial charge in [0.15, 0.2) is 0 Å². The molecule has 60 valence electrons. The van der Waals surface area contributed by atoms with E-state index in [1.807, 2.05) is 0 Å². The Morgan fingerprint density at radius 2 is 1.27 bits per heavy atom. The first kappa shape index (κ1) is 9.17. The molecule has 1 aromatic rings. The molecule has 3 N–H and O–H groups in total. The van der Waals surface area contributed by atoms with Gasteiger partial charge >= 0.3 is 0 Å². The molecule has 5 heteroatoms. The fourth-order valence-corrected chi connectivity index (χ4v) is 1.96. The Morgan fingerprint density at radius 3 is 1.64 bits per heavy atom. The van der Waals surface area contributed by atoms with E-state index in [2.05, 4.69) is 0 Å². The van der Waals surface area contributed by atoms with Gasteiger partial charge in [0, 0.05) is 6.07 Å². The van der Waals surface area contributed by atoms with Crippen molar-refractivity contribution in [2.75, 3.05) is 0 Å². The molecule has 0 amide bonds. The fourth-order valence-electron chi connectivity index (χ4n) is 0.595. The van der Waals surface area contributed by atoms with Gasteiger partial charge in [-0.05, 0) is 45.2 Å². The topological polar surface area (TPSA) is 60.7 Å². The normalized spacial score (nSPS) is 10.0. The molecule has 0 aliphatic rings. The van der Waals surface area contributed by atoms with Crippen LogP contribution in [0.2, 0.25) is 0 Å². The zero-order valence-corrected chi connectivity index (χ0v) is 9.49. The van der Waals surface area contributed by atoms with Gasteiger partial charge in [-0.1, -0.05) is 0 Å². The third-order valence-corrected chi connectivity index (χ3v) is 3.27. The predicted octanol–water partition coefficient (Wildman–Crippen LogP) is 2.01. The lowest BCUT2D eigenvalue weighted by atomic mass is 10.3. The van der Waals surface area contributed by atoms with Crippen LogP contribution in [0.3, 0.4) is 0 Å². The maximum atomic E-state index is 9.23. The van der Waals surface area contributed by atoms with Crippen LogP contribution in [-0.2, 0) is 0 Å². The minimum Gasteiger partial charge on any atom is -0.507 e. The highest BCUT2D eigenvalue weighted by atomic mass is 127. The van der Waals surface area contributed by atoms with E-state index in [1.54, 1.807) is 45.2 Å². The SMILES string of the molecule is Oc1cc(O)c(I)c(O)c1I. The molecule has 0 fully saturated rings. The van der Waals surface area contributed by atoms with Crippen molar-refractivity contribution in [3.63, 3.8) is 0 Å². The number of hydrogen-bond acceptors (Lipinski definition) is 3. The second-order valence-electron chi connectivity index (χ2n) is 1.89. The second kappa shape index (κ2) is 3.21. The maximum Gasteiger partial charge on any atom is 0.149 e. The Kier molecular flexibility index (Phi) is 2.68. The molecule has 0 bridgehead atoms. The zero-order valence-electron chi connectivity index (χ0n) is 5.17. The van der Waals surface area contributed by atoms with E-state index in [4.69, 9.17) is 10.2 Å². The summed E-state index contributed by atoms with van der Waals surface area (Å²) in [4.78, 5) is 0. The van der Waals surface area contributed by atoms with E-state index < -0.39 is 0 Å². The van der Waals surface area contributed by atoms with Gasteiger partial charge in [-0.25, -0.2) is 0 Å². The molecule has 0 aromatic heterocycles. The van der Waals surface area contributed by atoms with Crippen LogP contribution in [0.15, 0.2) is 6.07 Å². The van der Waals surface area contributed by atoms with Crippen LogP contribution in [0.1, 0.15) is 0 Å². The molecule has 0 aliphatic heterocycles. The van der Waals surface area contributed by atoms with Gasteiger partial charge in [0.2, 0.25) is 0 Å². The Labute approximate surface area is 90.3 Å². The number of phenolic OH excluding ortho intramolecular Hbond substituents is 3. The summed E-state index contributed by atoms with van der Waals surface area (Å²) >= 11 is 3.59. The van der Waals surface area contributed by atoms with Gasteiger partial charge in [0.1, 0.15) is 17.2 Å². The smallest absolute Gasteiger partial charge is 0.149 e. The van der Waals surface area contributed by atoms with Crippen LogP contribution in [-0.4, -0.2) is 15.3 Å². The van der Waals surface area contributed by atoms with Gasteiger partial charge in [0.25, 0.3) is 0 Å². The molecule has 0 atom stereocenters. The van der Waals surface area contributed by atoms with Crippen LogP contribution < -0.4 is 0 Å². The average Bonchev–Trinajstić information content (AvgIpc) is 1.97. The second-order valence-corrected chi connectivity index (χ2v) is 4.05. The van der Waals surface area contributed by atoms with E-state index in [1.165, 1.54) is 6.07 Å². The minimum atomic E-state index is -0.110. The molecule has 1 aromatic carbocycles. The highest BCUT2D eigenvalue weighted by Crippen LogP contribution is 2.38. The highest BCUT2D eigenvalue weighted by Gasteiger charge is 2.12. The van der Waals surface area contributed by atoms with E-state index in [-0.39, 0.29) is 17.2 Å². The molecule has 0 saturated carbocycles. The molecular formula is C6H4I2O3. The fraction of sp³-hybridized carbons (Fsp3) is 0. The molecule has 0 spiro atoms. The van der Waals surface area contributed by atoms with E-state index in [0.29, 0.717) is 7.14 Å². The molecule has 1 rings (SSSR count). The minimum absolute atomic E-state index is 0.0799. The maximum absolute atomic E-state index is 9.23. The lowest BCUT2D eigenvalue weighted by Gasteiger charge is -2.04. The number of phenols is 3. The number of benzene rings is 1. The number of hydrogen-bond donors (Lipinski definition) is 3. The first-order valence-electron chi connectivity index (χ1n) is 2.63. The van der Waals surface area contributed by atoms with Gasteiger partial charge in [-0.3, -0.25) is 0 Å². The molecule has 3 nitrogen and oxygen atoms in total. The zero-order chi connectivity index (χ0) is 8.59. The van der Waals surface area contributed by atoms with Crippen molar-refractivity contribution < 1.29 is 15.3 Å². The summed E-state index contributed by atoms with van der Waals surface area (Å²) in [6.45, 7) is 0. The summed E-state index contributed by atoms with van der Waals surface area (Å²) in [5.41, 5.74) is 0. The molecule has 0 heterocycles. The molecule has 0 unspecified atom stereocenters. The van der Waals surface area contributed by atoms with Crippen molar-refractivity contribution in [2.45, 2.75) is 0 Å². The molecular weight excluding hydrogens is 374 g/mol. The lowest BCUT2D eigenvalue weighted by Crippen LogP contribution is -1.81. The first-order chi connectivity index (χ1) is 5.04. The van der Waals surface area contributed by atoms with Crippen molar-refractivity contribution in [1.29, 1.82) is 0 Å². The van der Waals surface area contributed by atoms with Crippen molar-refractivity contribution in [1.82, 2.24) is 0 Å². The van der Waals surface area contributed by atoms with Crippen molar-refractivity contribution in [2.24, 2.45) is 0 Å². The van der Waals surface area contributed by atoms with E-state index >= 15 is 0 Å². The summed E-state index contributed by atoms with van der Waals surface area (Å²) in [6.07, 6.45) is 0. The first-order valence-corrected chi connectivity index (χ1v) is 4.78. The summed E-state index contributed by atoms with van der Waals surface area (Å²) in [6, 6.07) is 1.20. The van der Waals surface area contributed by atoms with Gasteiger partial charge in [0.05, 0.1) is 7.14 Å². The van der Waals surface area contributed by atoms with Crippen LogP contribution >= 0.6 is 45.2 Å². The van der Waals surface area contributed by atoms with Crippen LogP contribution in [0.25, 0.3) is 0 Å². The summed E-state index contributed by atoms with van der Waals surface area (Å²) in [7, 11) is 0. The lowest BCUT2D eigenvalue weighted by molar-refractivity contribution is 0.418. The van der Waals surface area contributed by atoms with Gasteiger partial charge < -0.3 is 15.3 Å². The number of halogens is 2. The predicted molar refractivity (Wildman–Crippen MR) is 56.9 cm³/mol. The molecule has 0 aliphatic carbocycles. The largest absolute Gasteiger partial charge is 0.507 e. The Bertz CT molecular complexity index is 272. The van der Waals surface area contributed by atoms with Gasteiger partial charge in [-0.15, -0.1) is 0 Å². The van der Waals surface area contributed by atoms with Crippen molar-refractivity contribution in [3.05, 3.63) is 13.2 Å². The average molecular weight is 378 g/mol. The van der Waals surface area contributed by atoms with E-state index in [9.17, 15) is 5.11 Å². The summed E-state index contributed by atoms with van der Waals surface area (Å²) in [5.74, 6) is -0.300. The van der Waals surface area contributed by atoms with Crippen molar-refractivity contribution in [3.8, 4) is 17.2 Å². The molecule has 11 heavy (non-hydrogen) atoms. The number of aromatic hydroxyl groups is 3. The monoisotopic (exact) mass is 378 g/mol. The van der Waals surface area contributed by atoms with Crippen LogP contribution in [0, 0.1) is 7.14 Å². The van der Waals surface area contributed by atoms with Crippen molar-refractivity contribution >= 4 is 45.2 Å². The Hall–Kier alpha value is 0.0800. The number of rotatable bonds is 0. The quantitative estimate of drug-likeness (QED) is 0.606. The Balaban J connectivity index is 3.46. The summed E-state index contributed by atoms with van der Waals surface area (Å²) < 4.78 is 0.703. The molecule has 0 radical (unpaired) electrons. The summed E-state index contributed by atoms with van der Waals surface area (Å²) in [5, 5.41) is 27.4. The third kappa shape index (κ3) is 1.63. The highest BCUT2D eigenvalue weighted by molar-refractivity contribution is 14.1. The van der Waals surface area contributed by atoms with Gasteiger partial charge in [-0.2, -0.15) is 0 Å². The standard InChI is InChI=1S/C6H4I2O3/c7-4-2(9)1-3(10)5(8)6(4)11/h1,9-11H.